The molecule has 1 fully saturated rings. The van der Waals surface area contributed by atoms with Crippen LogP contribution in [-0.2, 0) is 16.0 Å². The van der Waals surface area contributed by atoms with Gasteiger partial charge in [0.1, 0.15) is 5.75 Å². The molecule has 142 valence electrons. The molecule has 1 aliphatic heterocycles. The number of hydrogen-bond donors (Lipinski definition) is 1. The summed E-state index contributed by atoms with van der Waals surface area (Å²) in [4.78, 5) is 26.2. The second-order valence-electron chi connectivity index (χ2n) is 6.19. The van der Waals surface area contributed by atoms with Gasteiger partial charge in [0.15, 0.2) is 0 Å². The standard InChI is InChI=1S/C20H20Cl2N2O3/c1-2-27-16-7-5-15(6-8-16)24-19(25)12-18(20(24)26)23-10-9-13-3-4-14(21)11-17(13)22/h3-8,11,18,23H,2,9-10,12H2,1H3/t18-/m1/s1. The van der Waals surface area contributed by atoms with Crippen LogP contribution in [0.3, 0.4) is 0 Å². The van der Waals surface area contributed by atoms with Crippen LogP contribution in [0.5, 0.6) is 5.75 Å². The highest BCUT2D eigenvalue weighted by Crippen LogP contribution is 2.25. The van der Waals surface area contributed by atoms with Crippen LogP contribution in [0, 0.1) is 0 Å². The third-order valence-corrected chi connectivity index (χ3v) is 4.94. The molecular formula is C20H20Cl2N2O3. The number of carbonyl (C=O) groups is 2. The number of nitrogens with one attached hydrogen (secondary N) is 1. The maximum atomic E-state index is 12.6. The number of carbonyl (C=O) groups excluding carboxylic acids is 2. The van der Waals surface area contributed by atoms with E-state index in [1.54, 1.807) is 36.4 Å². The molecule has 27 heavy (non-hydrogen) atoms. The quantitative estimate of drug-likeness (QED) is 0.709. The average molecular weight is 407 g/mol. The summed E-state index contributed by atoms with van der Waals surface area (Å²) < 4.78 is 5.39. The summed E-state index contributed by atoms with van der Waals surface area (Å²) in [6, 6.07) is 11.7. The van der Waals surface area contributed by atoms with Gasteiger partial charge in [-0.05, 0) is 61.9 Å². The summed E-state index contributed by atoms with van der Waals surface area (Å²) in [5.74, 6) is 0.243. The van der Waals surface area contributed by atoms with E-state index in [4.69, 9.17) is 27.9 Å². The minimum atomic E-state index is -0.532. The Labute approximate surface area is 168 Å². The second-order valence-corrected chi connectivity index (χ2v) is 7.03. The van der Waals surface area contributed by atoms with Gasteiger partial charge in [-0.2, -0.15) is 0 Å². The Kier molecular flexibility index (Phi) is 6.37. The fraction of sp³-hybridized carbons (Fsp3) is 0.300. The van der Waals surface area contributed by atoms with Crippen LogP contribution in [0.15, 0.2) is 42.5 Å². The minimum Gasteiger partial charge on any atom is -0.494 e. The van der Waals surface area contributed by atoms with Crippen molar-refractivity contribution >= 4 is 40.7 Å². The zero-order valence-electron chi connectivity index (χ0n) is 14.9. The van der Waals surface area contributed by atoms with Crippen molar-refractivity contribution in [2.75, 3.05) is 18.1 Å². The Morgan fingerprint density at radius 1 is 1.15 bits per heavy atom. The van der Waals surface area contributed by atoms with Gasteiger partial charge in [-0.1, -0.05) is 29.3 Å². The topological polar surface area (TPSA) is 58.6 Å². The van der Waals surface area contributed by atoms with Crippen LogP contribution in [0.2, 0.25) is 10.0 Å². The molecule has 1 N–H and O–H groups in total. The predicted octanol–water partition coefficient (Wildman–Crippen LogP) is 3.86. The first-order valence-corrected chi connectivity index (χ1v) is 9.52. The predicted molar refractivity (Wildman–Crippen MR) is 107 cm³/mol. The van der Waals surface area contributed by atoms with E-state index in [1.165, 1.54) is 4.90 Å². The summed E-state index contributed by atoms with van der Waals surface area (Å²) in [5, 5.41) is 4.33. The van der Waals surface area contributed by atoms with Gasteiger partial charge >= 0.3 is 0 Å². The van der Waals surface area contributed by atoms with Gasteiger partial charge in [0.05, 0.1) is 24.8 Å². The lowest BCUT2D eigenvalue weighted by Gasteiger charge is -2.16. The van der Waals surface area contributed by atoms with E-state index in [1.807, 2.05) is 13.0 Å². The molecule has 2 aromatic rings. The molecule has 7 heteroatoms. The Bertz CT molecular complexity index is 840. The number of imide groups is 1. The Morgan fingerprint density at radius 3 is 2.56 bits per heavy atom. The van der Waals surface area contributed by atoms with Crippen molar-refractivity contribution in [1.29, 1.82) is 0 Å². The first-order chi connectivity index (χ1) is 13.0. The Morgan fingerprint density at radius 2 is 1.89 bits per heavy atom. The van der Waals surface area contributed by atoms with Crippen molar-refractivity contribution in [2.24, 2.45) is 0 Å². The van der Waals surface area contributed by atoms with Crippen molar-refractivity contribution in [2.45, 2.75) is 25.8 Å². The van der Waals surface area contributed by atoms with E-state index in [2.05, 4.69) is 5.32 Å². The molecule has 0 unspecified atom stereocenters. The van der Waals surface area contributed by atoms with E-state index in [0.29, 0.717) is 41.1 Å². The summed E-state index contributed by atoms with van der Waals surface area (Å²) in [7, 11) is 0. The van der Waals surface area contributed by atoms with Crippen molar-refractivity contribution in [3.05, 3.63) is 58.1 Å². The van der Waals surface area contributed by atoms with Gasteiger partial charge in [0.2, 0.25) is 5.91 Å². The lowest BCUT2D eigenvalue weighted by molar-refractivity contribution is -0.121. The first-order valence-electron chi connectivity index (χ1n) is 8.76. The van der Waals surface area contributed by atoms with Crippen molar-refractivity contribution in [1.82, 2.24) is 5.32 Å². The number of amides is 2. The molecule has 0 aromatic heterocycles. The molecule has 1 heterocycles. The molecule has 0 spiro atoms. The molecule has 0 radical (unpaired) electrons. The van der Waals surface area contributed by atoms with Gasteiger partial charge in [0.25, 0.3) is 5.91 Å². The van der Waals surface area contributed by atoms with Crippen LogP contribution in [-0.4, -0.2) is 31.0 Å². The van der Waals surface area contributed by atoms with Crippen LogP contribution in [0.1, 0.15) is 18.9 Å². The van der Waals surface area contributed by atoms with Gasteiger partial charge in [-0.3, -0.25) is 9.59 Å². The van der Waals surface area contributed by atoms with Crippen LogP contribution in [0.25, 0.3) is 0 Å². The number of halogens is 2. The maximum Gasteiger partial charge on any atom is 0.251 e. The molecule has 0 bridgehead atoms. The van der Waals surface area contributed by atoms with E-state index in [-0.39, 0.29) is 18.2 Å². The van der Waals surface area contributed by atoms with Crippen molar-refractivity contribution in [3.63, 3.8) is 0 Å². The maximum absolute atomic E-state index is 12.6. The molecule has 2 amide bonds. The molecular weight excluding hydrogens is 387 g/mol. The number of benzene rings is 2. The largest absolute Gasteiger partial charge is 0.494 e. The van der Waals surface area contributed by atoms with Gasteiger partial charge in [0, 0.05) is 10.0 Å². The number of nitrogens with zero attached hydrogens (tertiary/aromatic N) is 1. The Hall–Kier alpha value is -2.08. The number of anilines is 1. The molecule has 1 atom stereocenters. The molecule has 1 aliphatic rings. The van der Waals surface area contributed by atoms with Crippen LogP contribution < -0.4 is 15.0 Å². The van der Waals surface area contributed by atoms with E-state index in [9.17, 15) is 9.59 Å². The lowest BCUT2D eigenvalue weighted by atomic mass is 10.1. The van der Waals surface area contributed by atoms with Gasteiger partial charge < -0.3 is 10.1 Å². The zero-order valence-corrected chi connectivity index (χ0v) is 16.4. The SMILES string of the molecule is CCOc1ccc(N2C(=O)C[C@@H](NCCc3ccc(Cl)cc3Cl)C2=O)cc1. The highest BCUT2D eigenvalue weighted by atomic mass is 35.5. The van der Waals surface area contributed by atoms with Crippen molar-refractivity contribution < 1.29 is 14.3 Å². The van der Waals surface area contributed by atoms with E-state index in [0.717, 1.165) is 5.56 Å². The molecule has 5 nitrogen and oxygen atoms in total. The minimum absolute atomic E-state index is 0.139. The summed E-state index contributed by atoms with van der Waals surface area (Å²) in [5.41, 5.74) is 1.49. The normalized spacial score (nSPS) is 16.9. The smallest absolute Gasteiger partial charge is 0.251 e. The number of rotatable bonds is 7. The Balaban J connectivity index is 1.60. The van der Waals surface area contributed by atoms with Gasteiger partial charge in [-0.25, -0.2) is 4.90 Å². The summed E-state index contributed by atoms with van der Waals surface area (Å²) in [6.45, 7) is 2.99. The molecule has 0 saturated carbocycles. The number of ether oxygens (including phenoxy) is 1. The molecule has 2 aromatic carbocycles. The van der Waals surface area contributed by atoms with E-state index >= 15 is 0 Å². The highest BCUT2D eigenvalue weighted by Gasteiger charge is 2.39. The molecule has 3 rings (SSSR count). The third-order valence-electron chi connectivity index (χ3n) is 4.35. The lowest BCUT2D eigenvalue weighted by Crippen LogP contribution is -2.39. The fourth-order valence-corrected chi connectivity index (χ4v) is 3.53. The van der Waals surface area contributed by atoms with Crippen molar-refractivity contribution in [3.8, 4) is 5.75 Å². The summed E-state index contributed by atoms with van der Waals surface area (Å²) in [6.07, 6.45) is 0.775. The summed E-state index contributed by atoms with van der Waals surface area (Å²) >= 11 is 12.1. The zero-order chi connectivity index (χ0) is 19.4. The van der Waals surface area contributed by atoms with Gasteiger partial charge in [-0.15, -0.1) is 0 Å². The second kappa shape index (κ2) is 8.74. The van der Waals surface area contributed by atoms with Crippen LogP contribution in [0.4, 0.5) is 5.69 Å². The van der Waals surface area contributed by atoms with E-state index < -0.39 is 6.04 Å². The average Bonchev–Trinajstić information content (AvgIpc) is 2.92. The fourth-order valence-electron chi connectivity index (χ4n) is 3.03. The monoisotopic (exact) mass is 406 g/mol. The molecule has 1 saturated heterocycles. The third kappa shape index (κ3) is 4.61. The highest BCUT2D eigenvalue weighted by molar-refractivity contribution is 6.35. The first kappa shape index (κ1) is 19.7. The molecule has 0 aliphatic carbocycles. The van der Waals surface area contributed by atoms with Crippen LogP contribution >= 0.6 is 23.2 Å². The number of hydrogen-bond acceptors (Lipinski definition) is 4.